The van der Waals surface area contributed by atoms with E-state index in [0.29, 0.717) is 5.02 Å². The van der Waals surface area contributed by atoms with E-state index in [1.54, 1.807) is 0 Å². The summed E-state index contributed by atoms with van der Waals surface area (Å²) in [6.45, 7) is 1.92. The van der Waals surface area contributed by atoms with Gasteiger partial charge >= 0.3 is 5.97 Å². The number of halogens is 1. The standard InChI is InChI=1S/C12H13ClO2/c1-12(11(14)15-2)6-5-8-3-4-9(13)7-10(8)12/h3-4,7H,5-6H2,1-2H3. The van der Waals surface area contributed by atoms with Crippen molar-refractivity contribution in [2.45, 2.75) is 25.2 Å². The van der Waals surface area contributed by atoms with Gasteiger partial charge in [-0.05, 0) is 43.0 Å². The summed E-state index contributed by atoms with van der Waals surface area (Å²) in [5.41, 5.74) is 1.70. The molecule has 2 rings (SSSR count). The summed E-state index contributed by atoms with van der Waals surface area (Å²) < 4.78 is 4.85. The number of carbonyl (C=O) groups excluding carboxylic acids is 1. The van der Waals surface area contributed by atoms with Gasteiger partial charge in [-0.15, -0.1) is 0 Å². The Morgan fingerprint density at radius 1 is 1.53 bits per heavy atom. The fourth-order valence-corrected chi connectivity index (χ4v) is 2.41. The summed E-state index contributed by atoms with van der Waals surface area (Å²) in [4.78, 5) is 11.7. The van der Waals surface area contributed by atoms with Crippen LogP contribution >= 0.6 is 11.6 Å². The van der Waals surface area contributed by atoms with Gasteiger partial charge in [0.2, 0.25) is 0 Å². The number of rotatable bonds is 1. The molecule has 0 saturated carbocycles. The number of carbonyl (C=O) groups is 1. The average Bonchev–Trinajstić information content (AvgIpc) is 2.57. The van der Waals surface area contributed by atoms with Crippen molar-refractivity contribution in [2.75, 3.05) is 7.11 Å². The highest BCUT2D eigenvalue weighted by atomic mass is 35.5. The van der Waals surface area contributed by atoms with Gasteiger partial charge in [0, 0.05) is 5.02 Å². The first kappa shape index (κ1) is 10.5. The summed E-state index contributed by atoms with van der Waals surface area (Å²) in [5.74, 6) is -0.177. The Kier molecular flexibility index (Phi) is 2.47. The topological polar surface area (TPSA) is 26.3 Å². The van der Waals surface area contributed by atoms with Crippen LogP contribution in [0.1, 0.15) is 24.5 Å². The van der Waals surface area contributed by atoms with Crippen molar-refractivity contribution in [3.63, 3.8) is 0 Å². The lowest BCUT2D eigenvalue weighted by atomic mass is 9.84. The molecule has 0 spiro atoms. The first-order valence-corrected chi connectivity index (χ1v) is 5.33. The first-order chi connectivity index (χ1) is 7.08. The number of hydrogen-bond acceptors (Lipinski definition) is 2. The number of aryl methyl sites for hydroxylation is 1. The van der Waals surface area contributed by atoms with Crippen LogP contribution in [0.15, 0.2) is 18.2 Å². The third kappa shape index (κ3) is 1.53. The van der Waals surface area contributed by atoms with E-state index >= 15 is 0 Å². The molecule has 0 bridgehead atoms. The van der Waals surface area contributed by atoms with Crippen LogP contribution in [0.2, 0.25) is 5.02 Å². The Balaban J connectivity index is 2.51. The van der Waals surface area contributed by atoms with Gasteiger partial charge in [0.15, 0.2) is 0 Å². The Morgan fingerprint density at radius 3 is 2.93 bits per heavy atom. The minimum absolute atomic E-state index is 0.177. The van der Waals surface area contributed by atoms with E-state index in [9.17, 15) is 4.79 Å². The molecule has 0 aliphatic heterocycles. The largest absolute Gasteiger partial charge is 0.468 e. The highest BCUT2D eigenvalue weighted by molar-refractivity contribution is 6.30. The van der Waals surface area contributed by atoms with Gasteiger partial charge in [-0.2, -0.15) is 0 Å². The number of hydrogen-bond donors (Lipinski definition) is 0. The molecular weight excluding hydrogens is 212 g/mol. The van der Waals surface area contributed by atoms with E-state index in [-0.39, 0.29) is 5.97 Å². The van der Waals surface area contributed by atoms with Crippen LogP contribution in [0.5, 0.6) is 0 Å². The lowest BCUT2D eigenvalue weighted by molar-refractivity contribution is -0.146. The lowest BCUT2D eigenvalue weighted by Crippen LogP contribution is -2.31. The molecule has 1 aliphatic rings. The minimum Gasteiger partial charge on any atom is -0.468 e. The first-order valence-electron chi connectivity index (χ1n) is 4.95. The van der Waals surface area contributed by atoms with Crippen molar-refractivity contribution < 1.29 is 9.53 Å². The lowest BCUT2D eigenvalue weighted by Gasteiger charge is -2.22. The average molecular weight is 225 g/mol. The quantitative estimate of drug-likeness (QED) is 0.686. The third-order valence-corrected chi connectivity index (χ3v) is 3.43. The molecule has 3 heteroatoms. The van der Waals surface area contributed by atoms with Crippen LogP contribution in [0, 0.1) is 0 Å². The monoisotopic (exact) mass is 224 g/mol. The van der Waals surface area contributed by atoms with Gasteiger partial charge < -0.3 is 4.74 Å². The number of benzene rings is 1. The van der Waals surface area contributed by atoms with Gasteiger partial charge in [-0.25, -0.2) is 0 Å². The molecule has 1 aromatic rings. The molecule has 0 aromatic heterocycles. The fourth-order valence-electron chi connectivity index (χ4n) is 2.24. The molecule has 0 saturated heterocycles. The van der Waals surface area contributed by atoms with Crippen molar-refractivity contribution in [3.05, 3.63) is 34.3 Å². The smallest absolute Gasteiger partial charge is 0.316 e. The van der Waals surface area contributed by atoms with E-state index in [1.165, 1.54) is 12.7 Å². The second-order valence-electron chi connectivity index (χ2n) is 4.13. The molecule has 1 atom stereocenters. The van der Waals surface area contributed by atoms with Gasteiger partial charge in [0.05, 0.1) is 12.5 Å². The Hall–Kier alpha value is -1.02. The number of ether oxygens (including phenoxy) is 1. The van der Waals surface area contributed by atoms with E-state index in [2.05, 4.69) is 0 Å². The molecule has 1 unspecified atom stereocenters. The zero-order valence-corrected chi connectivity index (χ0v) is 9.60. The molecule has 1 aromatic carbocycles. The maximum Gasteiger partial charge on any atom is 0.316 e. The van der Waals surface area contributed by atoms with Crippen molar-refractivity contribution >= 4 is 17.6 Å². The number of methoxy groups -OCH3 is 1. The molecular formula is C12H13ClO2. The molecule has 0 fully saturated rings. The van der Waals surface area contributed by atoms with E-state index in [1.807, 2.05) is 25.1 Å². The zero-order valence-electron chi connectivity index (χ0n) is 8.84. The van der Waals surface area contributed by atoms with Crippen molar-refractivity contribution in [1.82, 2.24) is 0 Å². The Labute approximate surface area is 94.2 Å². The normalized spacial score (nSPS) is 23.7. The molecule has 0 radical (unpaired) electrons. The van der Waals surface area contributed by atoms with Crippen LogP contribution in [0.25, 0.3) is 0 Å². The van der Waals surface area contributed by atoms with Gasteiger partial charge in [0.25, 0.3) is 0 Å². The Morgan fingerprint density at radius 2 is 2.27 bits per heavy atom. The summed E-state index contributed by atoms with van der Waals surface area (Å²) in [7, 11) is 1.43. The number of esters is 1. The minimum atomic E-state index is -0.519. The molecule has 2 nitrogen and oxygen atoms in total. The second-order valence-corrected chi connectivity index (χ2v) is 4.56. The van der Waals surface area contributed by atoms with Gasteiger partial charge in [0.1, 0.15) is 0 Å². The molecule has 0 amide bonds. The predicted molar refractivity (Wildman–Crippen MR) is 59.1 cm³/mol. The second kappa shape index (κ2) is 3.53. The van der Waals surface area contributed by atoms with Crippen LogP contribution in [0.4, 0.5) is 0 Å². The van der Waals surface area contributed by atoms with Gasteiger partial charge in [-0.1, -0.05) is 17.7 Å². The predicted octanol–water partition coefficient (Wildman–Crippen LogP) is 2.72. The molecule has 1 aliphatic carbocycles. The zero-order chi connectivity index (χ0) is 11.1. The number of fused-ring (bicyclic) bond motifs is 1. The third-order valence-electron chi connectivity index (χ3n) is 3.20. The maximum absolute atomic E-state index is 11.7. The van der Waals surface area contributed by atoms with E-state index < -0.39 is 5.41 Å². The highest BCUT2D eigenvalue weighted by Crippen LogP contribution is 2.40. The molecule has 80 valence electrons. The van der Waals surface area contributed by atoms with Crippen LogP contribution in [0.3, 0.4) is 0 Å². The van der Waals surface area contributed by atoms with E-state index in [0.717, 1.165) is 18.4 Å². The highest BCUT2D eigenvalue weighted by Gasteiger charge is 2.41. The van der Waals surface area contributed by atoms with Crippen LogP contribution < -0.4 is 0 Å². The summed E-state index contributed by atoms with van der Waals surface area (Å²) in [6, 6.07) is 5.73. The SMILES string of the molecule is COC(=O)C1(C)CCc2ccc(Cl)cc21. The van der Waals surface area contributed by atoms with Crippen molar-refractivity contribution in [2.24, 2.45) is 0 Å². The Bertz CT molecular complexity index is 414. The van der Waals surface area contributed by atoms with E-state index in [4.69, 9.17) is 16.3 Å². The molecule has 0 heterocycles. The molecule has 0 N–H and O–H groups in total. The fraction of sp³-hybridized carbons (Fsp3) is 0.417. The van der Waals surface area contributed by atoms with Crippen molar-refractivity contribution in [1.29, 1.82) is 0 Å². The summed E-state index contributed by atoms with van der Waals surface area (Å²) in [5, 5.41) is 0.672. The van der Waals surface area contributed by atoms with Crippen molar-refractivity contribution in [3.8, 4) is 0 Å². The summed E-state index contributed by atoms with van der Waals surface area (Å²) in [6.07, 6.45) is 1.72. The molecule has 15 heavy (non-hydrogen) atoms. The maximum atomic E-state index is 11.7. The van der Waals surface area contributed by atoms with Crippen LogP contribution in [-0.2, 0) is 21.4 Å². The summed E-state index contributed by atoms with van der Waals surface area (Å²) >= 11 is 5.95. The van der Waals surface area contributed by atoms with Gasteiger partial charge in [-0.3, -0.25) is 4.79 Å². The van der Waals surface area contributed by atoms with Crippen LogP contribution in [-0.4, -0.2) is 13.1 Å².